The number of hydrogen-bond acceptors (Lipinski definition) is 4. The minimum atomic E-state index is -1.09. The largest absolute Gasteiger partial charge is 0.497 e. The molecule has 0 saturated heterocycles. The predicted octanol–water partition coefficient (Wildman–Crippen LogP) is 2.57. The van der Waals surface area contributed by atoms with Gasteiger partial charge in [0.05, 0.1) is 29.3 Å². The SMILES string of the molecule is COc1ccc(-n2nc3c(cc2=O)CCS(=O)c2ccccc2-3)cc1. The zero-order valence-electron chi connectivity index (χ0n) is 13.6. The smallest absolute Gasteiger partial charge is 0.271 e. The molecular weight excluding hydrogens is 336 g/mol. The van der Waals surface area contributed by atoms with Gasteiger partial charge in [-0.25, -0.2) is 0 Å². The van der Waals surface area contributed by atoms with E-state index in [1.165, 1.54) is 4.68 Å². The van der Waals surface area contributed by atoms with Crippen molar-refractivity contribution in [3.8, 4) is 22.7 Å². The highest BCUT2D eigenvalue weighted by Crippen LogP contribution is 2.30. The first kappa shape index (κ1) is 15.8. The molecule has 1 atom stereocenters. The van der Waals surface area contributed by atoms with Crippen LogP contribution in [0.3, 0.4) is 0 Å². The quantitative estimate of drug-likeness (QED) is 0.711. The molecule has 25 heavy (non-hydrogen) atoms. The first-order chi connectivity index (χ1) is 12.2. The number of benzene rings is 2. The highest BCUT2D eigenvalue weighted by atomic mass is 32.2. The Morgan fingerprint density at radius 1 is 1.12 bits per heavy atom. The Morgan fingerprint density at radius 2 is 1.88 bits per heavy atom. The van der Waals surface area contributed by atoms with Crippen molar-refractivity contribution >= 4 is 10.8 Å². The van der Waals surface area contributed by atoms with E-state index >= 15 is 0 Å². The fraction of sp³-hybridized carbons (Fsp3) is 0.158. The second-order valence-electron chi connectivity index (χ2n) is 5.76. The van der Waals surface area contributed by atoms with Crippen LogP contribution in [-0.4, -0.2) is 26.9 Å². The molecule has 0 bridgehead atoms. The summed E-state index contributed by atoms with van der Waals surface area (Å²) in [6, 6.07) is 16.3. The first-order valence-corrected chi connectivity index (χ1v) is 9.25. The molecule has 0 N–H and O–H groups in total. The molecule has 1 aliphatic heterocycles. The van der Waals surface area contributed by atoms with Gasteiger partial charge in [-0.2, -0.15) is 9.78 Å². The molecule has 5 nitrogen and oxygen atoms in total. The van der Waals surface area contributed by atoms with Gasteiger partial charge in [-0.15, -0.1) is 0 Å². The van der Waals surface area contributed by atoms with Crippen molar-refractivity contribution in [1.82, 2.24) is 9.78 Å². The number of aryl methyl sites for hydroxylation is 1. The van der Waals surface area contributed by atoms with Gasteiger partial charge in [0.2, 0.25) is 0 Å². The van der Waals surface area contributed by atoms with E-state index in [2.05, 4.69) is 5.10 Å². The summed E-state index contributed by atoms with van der Waals surface area (Å²) in [7, 11) is 0.507. The van der Waals surface area contributed by atoms with Gasteiger partial charge in [-0.1, -0.05) is 18.2 Å². The number of ether oxygens (including phenoxy) is 1. The van der Waals surface area contributed by atoms with Gasteiger partial charge in [0.1, 0.15) is 5.75 Å². The average molecular weight is 352 g/mol. The second-order valence-corrected chi connectivity index (χ2v) is 7.30. The predicted molar refractivity (Wildman–Crippen MR) is 96.8 cm³/mol. The van der Waals surface area contributed by atoms with E-state index in [4.69, 9.17) is 4.74 Å². The number of fused-ring (bicyclic) bond motifs is 3. The summed E-state index contributed by atoms with van der Waals surface area (Å²) in [6.45, 7) is 0. The van der Waals surface area contributed by atoms with Gasteiger partial charge in [0.25, 0.3) is 5.56 Å². The van der Waals surface area contributed by atoms with Gasteiger partial charge in [-0.05, 0) is 42.3 Å². The Morgan fingerprint density at radius 3 is 2.64 bits per heavy atom. The van der Waals surface area contributed by atoms with Crippen molar-refractivity contribution in [1.29, 1.82) is 0 Å². The molecule has 2 heterocycles. The van der Waals surface area contributed by atoms with Crippen LogP contribution in [0.25, 0.3) is 16.9 Å². The van der Waals surface area contributed by atoms with E-state index in [9.17, 15) is 9.00 Å². The van der Waals surface area contributed by atoms with E-state index in [0.29, 0.717) is 23.6 Å². The third-order valence-electron chi connectivity index (χ3n) is 4.27. The third kappa shape index (κ3) is 2.78. The molecule has 126 valence electrons. The van der Waals surface area contributed by atoms with Crippen LogP contribution in [0.5, 0.6) is 5.75 Å². The molecule has 0 aliphatic carbocycles. The van der Waals surface area contributed by atoms with E-state index in [1.807, 2.05) is 24.3 Å². The van der Waals surface area contributed by atoms with Crippen LogP contribution in [0.2, 0.25) is 0 Å². The van der Waals surface area contributed by atoms with Gasteiger partial charge in [-0.3, -0.25) is 9.00 Å². The molecular formula is C19H16N2O3S. The first-order valence-electron chi connectivity index (χ1n) is 7.93. The van der Waals surface area contributed by atoms with E-state index in [1.54, 1.807) is 37.4 Å². The number of hydrogen-bond donors (Lipinski definition) is 0. The minimum absolute atomic E-state index is 0.200. The molecule has 0 fully saturated rings. The second kappa shape index (κ2) is 6.29. The summed E-state index contributed by atoms with van der Waals surface area (Å²) < 4.78 is 19.0. The fourth-order valence-electron chi connectivity index (χ4n) is 2.99. The molecule has 2 aromatic carbocycles. The van der Waals surface area contributed by atoms with Gasteiger partial charge >= 0.3 is 0 Å². The molecule has 6 heteroatoms. The lowest BCUT2D eigenvalue weighted by atomic mass is 10.1. The van der Waals surface area contributed by atoms with Crippen LogP contribution in [-0.2, 0) is 17.2 Å². The van der Waals surface area contributed by atoms with Gasteiger partial charge in [0, 0.05) is 22.3 Å². The third-order valence-corrected chi connectivity index (χ3v) is 5.69. The standard InChI is InChI=1S/C19H16N2O3S/c1-24-15-8-6-14(7-9-15)21-18(22)12-13-10-11-25(23)17-5-3-2-4-16(17)19(13)20-21/h2-9,12H,10-11H2,1H3. The van der Waals surface area contributed by atoms with Crippen LogP contribution in [0.1, 0.15) is 5.56 Å². The zero-order chi connectivity index (χ0) is 17.4. The van der Waals surface area contributed by atoms with E-state index in [-0.39, 0.29) is 5.56 Å². The number of rotatable bonds is 2. The topological polar surface area (TPSA) is 61.2 Å². The molecule has 1 unspecified atom stereocenters. The lowest BCUT2D eigenvalue weighted by Gasteiger charge is -2.11. The Hall–Kier alpha value is -2.73. The summed E-state index contributed by atoms with van der Waals surface area (Å²) in [5.74, 6) is 1.21. The molecule has 0 amide bonds. The summed E-state index contributed by atoms with van der Waals surface area (Å²) in [5.41, 5.74) is 2.85. The molecule has 1 aliphatic rings. The maximum atomic E-state index is 12.5. The summed E-state index contributed by atoms with van der Waals surface area (Å²) in [6.07, 6.45) is 0.572. The Labute approximate surface area is 147 Å². The van der Waals surface area contributed by atoms with E-state index < -0.39 is 10.8 Å². The summed E-state index contributed by atoms with van der Waals surface area (Å²) in [4.78, 5) is 13.3. The van der Waals surface area contributed by atoms with Gasteiger partial charge < -0.3 is 4.74 Å². The zero-order valence-corrected chi connectivity index (χ0v) is 14.5. The van der Waals surface area contributed by atoms with Crippen molar-refractivity contribution in [3.63, 3.8) is 0 Å². The monoisotopic (exact) mass is 352 g/mol. The summed E-state index contributed by atoms with van der Waals surface area (Å²) in [5, 5.41) is 4.60. The molecule has 4 rings (SSSR count). The van der Waals surface area contributed by atoms with Crippen LogP contribution in [0.4, 0.5) is 0 Å². The van der Waals surface area contributed by atoms with Crippen molar-refractivity contribution in [2.75, 3.05) is 12.9 Å². The lowest BCUT2D eigenvalue weighted by molar-refractivity contribution is 0.414. The summed E-state index contributed by atoms with van der Waals surface area (Å²) >= 11 is 0. The molecule has 3 aromatic rings. The van der Waals surface area contributed by atoms with Gasteiger partial charge in [0.15, 0.2) is 0 Å². The fourth-order valence-corrected chi connectivity index (χ4v) is 4.26. The van der Waals surface area contributed by atoms with Crippen molar-refractivity contribution < 1.29 is 8.95 Å². The van der Waals surface area contributed by atoms with Crippen LogP contribution < -0.4 is 10.3 Å². The average Bonchev–Trinajstić information content (AvgIpc) is 2.79. The Bertz CT molecular complexity index is 1030. The number of aromatic nitrogens is 2. The molecule has 0 radical (unpaired) electrons. The highest BCUT2D eigenvalue weighted by molar-refractivity contribution is 7.85. The van der Waals surface area contributed by atoms with Crippen LogP contribution >= 0.6 is 0 Å². The highest BCUT2D eigenvalue weighted by Gasteiger charge is 2.21. The minimum Gasteiger partial charge on any atom is -0.497 e. The molecule has 1 aromatic heterocycles. The normalized spacial score (nSPS) is 15.8. The van der Waals surface area contributed by atoms with Crippen molar-refractivity contribution in [2.45, 2.75) is 11.3 Å². The van der Waals surface area contributed by atoms with Crippen LogP contribution in [0, 0.1) is 0 Å². The van der Waals surface area contributed by atoms with Crippen LogP contribution in [0.15, 0.2) is 64.3 Å². The van der Waals surface area contributed by atoms with Crippen molar-refractivity contribution in [3.05, 3.63) is 70.5 Å². The van der Waals surface area contributed by atoms with E-state index in [0.717, 1.165) is 21.7 Å². The Kier molecular flexibility index (Phi) is 3.97. The van der Waals surface area contributed by atoms with Crippen molar-refractivity contribution in [2.24, 2.45) is 0 Å². The maximum absolute atomic E-state index is 12.5. The number of nitrogens with zero attached hydrogens (tertiary/aromatic N) is 2. The molecule has 0 spiro atoms. The number of methoxy groups -OCH3 is 1. The lowest BCUT2D eigenvalue weighted by Crippen LogP contribution is -2.22. The maximum Gasteiger partial charge on any atom is 0.271 e. The molecule has 0 saturated carbocycles. The Balaban J connectivity index is 1.93.